The first-order valence-electron chi connectivity index (χ1n) is 6.87. The van der Waals surface area contributed by atoms with E-state index in [1.807, 2.05) is 36.4 Å². The molecule has 5 nitrogen and oxygen atoms in total. The molecule has 0 aliphatic carbocycles. The Hall–Kier alpha value is -2.66. The lowest BCUT2D eigenvalue weighted by Gasteiger charge is -2.07. The van der Waals surface area contributed by atoms with Crippen molar-refractivity contribution in [2.24, 2.45) is 0 Å². The number of pyridine rings is 2. The number of hydrogen-bond donors (Lipinski definition) is 2. The van der Waals surface area contributed by atoms with E-state index in [1.54, 1.807) is 12.4 Å². The minimum absolute atomic E-state index is 0.581. The molecule has 0 bridgehead atoms. The highest BCUT2D eigenvalue weighted by atomic mass is 35.5. The van der Waals surface area contributed by atoms with Crippen molar-refractivity contribution in [3.8, 4) is 0 Å². The average molecular weight is 310 g/mol. The zero-order chi connectivity index (χ0) is 14.9. The lowest BCUT2D eigenvalue weighted by molar-refractivity contribution is 0.989. The summed E-state index contributed by atoms with van der Waals surface area (Å²) in [6.45, 7) is 0.581. The molecule has 2 N–H and O–H groups in total. The Kier molecular flexibility index (Phi) is 3.12. The van der Waals surface area contributed by atoms with Crippen LogP contribution in [-0.2, 0) is 6.54 Å². The highest BCUT2D eigenvalue weighted by Crippen LogP contribution is 2.23. The smallest absolute Gasteiger partial charge is 0.135 e. The van der Waals surface area contributed by atoms with E-state index in [0.717, 1.165) is 33.3 Å². The molecule has 0 amide bonds. The highest BCUT2D eigenvalue weighted by Gasteiger charge is 2.07. The van der Waals surface area contributed by atoms with Crippen molar-refractivity contribution in [3.05, 3.63) is 59.5 Å². The molecule has 3 heterocycles. The first-order valence-corrected chi connectivity index (χ1v) is 7.25. The van der Waals surface area contributed by atoms with Crippen LogP contribution < -0.4 is 5.32 Å². The van der Waals surface area contributed by atoms with E-state index >= 15 is 0 Å². The molecule has 0 aliphatic heterocycles. The third-order valence-corrected chi connectivity index (χ3v) is 3.79. The molecule has 0 fully saturated rings. The Labute approximate surface area is 131 Å². The highest BCUT2D eigenvalue weighted by molar-refractivity contribution is 6.31. The van der Waals surface area contributed by atoms with Gasteiger partial charge in [0, 0.05) is 28.2 Å². The molecular formula is C16H12ClN5. The summed E-state index contributed by atoms with van der Waals surface area (Å²) in [6, 6.07) is 11.4. The first-order chi connectivity index (χ1) is 10.8. The molecule has 6 heteroatoms. The number of nitrogens with one attached hydrogen (secondary N) is 2. The number of benzene rings is 1. The van der Waals surface area contributed by atoms with Gasteiger partial charge in [0.15, 0.2) is 0 Å². The summed E-state index contributed by atoms with van der Waals surface area (Å²) >= 11 is 6.06. The molecule has 0 spiro atoms. The second-order valence-corrected chi connectivity index (χ2v) is 5.38. The van der Waals surface area contributed by atoms with E-state index in [9.17, 15) is 0 Å². The number of anilines is 1. The van der Waals surface area contributed by atoms with E-state index in [1.165, 1.54) is 0 Å². The van der Waals surface area contributed by atoms with Crippen LogP contribution in [0.3, 0.4) is 0 Å². The van der Waals surface area contributed by atoms with E-state index in [0.29, 0.717) is 11.6 Å². The maximum Gasteiger partial charge on any atom is 0.135 e. The number of aromatic nitrogens is 4. The Balaban J connectivity index is 1.67. The monoisotopic (exact) mass is 309 g/mol. The lowest BCUT2D eigenvalue weighted by atomic mass is 10.2. The van der Waals surface area contributed by atoms with Crippen LogP contribution in [0.4, 0.5) is 5.82 Å². The van der Waals surface area contributed by atoms with Gasteiger partial charge in [0.05, 0.1) is 23.3 Å². The van der Waals surface area contributed by atoms with Crippen molar-refractivity contribution in [1.82, 2.24) is 20.2 Å². The first kappa shape index (κ1) is 13.0. The number of hydrogen-bond acceptors (Lipinski definition) is 4. The number of halogens is 1. The summed E-state index contributed by atoms with van der Waals surface area (Å²) in [5, 5.41) is 13.4. The molecule has 0 unspecified atom stereocenters. The Morgan fingerprint density at radius 2 is 1.95 bits per heavy atom. The summed E-state index contributed by atoms with van der Waals surface area (Å²) in [5.74, 6) is 0.801. The SMILES string of the molecule is Clc1ccc2n[nH]c(CNc3nccc4ncccc34)c2c1. The van der Waals surface area contributed by atoms with E-state index in [2.05, 4.69) is 25.5 Å². The van der Waals surface area contributed by atoms with Crippen molar-refractivity contribution in [2.75, 3.05) is 5.32 Å². The van der Waals surface area contributed by atoms with Crippen LogP contribution in [0, 0.1) is 0 Å². The molecule has 4 rings (SSSR count). The molecule has 0 aliphatic rings. The van der Waals surface area contributed by atoms with Crippen molar-refractivity contribution < 1.29 is 0 Å². The number of aromatic amines is 1. The molecule has 4 aromatic rings. The number of nitrogens with zero attached hydrogens (tertiary/aromatic N) is 3. The second-order valence-electron chi connectivity index (χ2n) is 4.95. The summed E-state index contributed by atoms with van der Waals surface area (Å²) in [4.78, 5) is 8.72. The van der Waals surface area contributed by atoms with Crippen LogP contribution >= 0.6 is 11.6 Å². The number of rotatable bonds is 3. The number of H-pyrrole nitrogens is 1. The maximum atomic E-state index is 6.06. The van der Waals surface area contributed by atoms with Crippen LogP contribution in [0.15, 0.2) is 48.8 Å². The van der Waals surface area contributed by atoms with Crippen LogP contribution in [-0.4, -0.2) is 20.2 Å². The average Bonchev–Trinajstić information content (AvgIpc) is 2.95. The maximum absolute atomic E-state index is 6.06. The fourth-order valence-corrected chi connectivity index (χ4v) is 2.66. The predicted octanol–water partition coefficient (Wildman–Crippen LogP) is 3.77. The van der Waals surface area contributed by atoms with E-state index < -0.39 is 0 Å². The van der Waals surface area contributed by atoms with Gasteiger partial charge in [-0.25, -0.2) is 4.98 Å². The van der Waals surface area contributed by atoms with Crippen molar-refractivity contribution in [1.29, 1.82) is 0 Å². The largest absolute Gasteiger partial charge is 0.364 e. The second kappa shape index (κ2) is 5.27. The van der Waals surface area contributed by atoms with E-state index in [4.69, 9.17) is 11.6 Å². The van der Waals surface area contributed by atoms with Gasteiger partial charge in [-0.05, 0) is 36.4 Å². The molecule has 0 atom stereocenters. The fraction of sp³-hybridized carbons (Fsp3) is 0.0625. The number of fused-ring (bicyclic) bond motifs is 2. The minimum Gasteiger partial charge on any atom is -0.364 e. The van der Waals surface area contributed by atoms with Gasteiger partial charge >= 0.3 is 0 Å². The molecule has 0 saturated heterocycles. The van der Waals surface area contributed by atoms with Crippen LogP contribution in [0.2, 0.25) is 5.02 Å². The molecule has 0 saturated carbocycles. The van der Waals surface area contributed by atoms with Crippen LogP contribution in [0.25, 0.3) is 21.8 Å². The van der Waals surface area contributed by atoms with Crippen molar-refractivity contribution >= 4 is 39.2 Å². The Morgan fingerprint density at radius 3 is 2.91 bits per heavy atom. The third kappa shape index (κ3) is 2.25. The fourth-order valence-electron chi connectivity index (χ4n) is 2.49. The molecule has 108 valence electrons. The van der Waals surface area contributed by atoms with Crippen molar-refractivity contribution in [3.63, 3.8) is 0 Å². The van der Waals surface area contributed by atoms with Crippen molar-refractivity contribution in [2.45, 2.75) is 6.54 Å². The summed E-state index contributed by atoms with van der Waals surface area (Å²) in [6.07, 6.45) is 3.52. The van der Waals surface area contributed by atoms with E-state index in [-0.39, 0.29) is 0 Å². The zero-order valence-electron chi connectivity index (χ0n) is 11.5. The normalized spacial score (nSPS) is 11.1. The predicted molar refractivity (Wildman–Crippen MR) is 88.0 cm³/mol. The van der Waals surface area contributed by atoms with Gasteiger partial charge < -0.3 is 5.32 Å². The molecule has 22 heavy (non-hydrogen) atoms. The van der Waals surface area contributed by atoms with Crippen LogP contribution in [0.1, 0.15) is 5.69 Å². The topological polar surface area (TPSA) is 66.5 Å². The molecule has 1 aromatic carbocycles. The summed E-state index contributed by atoms with van der Waals surface area (Å²) in [7, 11) is 0. The lowest BCUT2D eigenvalue weighted by Crippen LogP contribution is -2.03. The molecule has 0 radical (unpaired) electrons. The van der Waals surface area contributed by atoms with Gasteiger partial charge in [0.2, 0.25) is 0 Å². The Bertz CT molecular complexity index is 958. The quantitative estimate of drug-likeness (QED) is 0.604. The van der Waals surface area contributed by atoms with Gasteiger partial charge in [0.25, 0.3) is 0 Å². The van der Waals surface area contributed by atoms with Gasteiger partial charge in [-0.1, -0.05) is 11.6 Å². The molecular weight excluding hydrogens is 298 g/mol. The Morgan fingerprint density at radius 1 is 1.00 bits per heavy atom. The minimum atomic E-state index is 0.581. The zero-order valence-corrected chi connectivity index (χ0v) is 12.3. The van der Waals surface area contributed by atoms with Gasteiger partial charge in [-0.2, -0.15) is 5.10 Å². The van der Waals surface area contributed by atoms with Gasteiger partial charge in [-0.3, -0.25) is 10.1 Å². The summed E-state index contributed by atoms with van der Waals surface area (Å²) in [5.41, 5.74) is 2.78. The van der Waals surface area contributed by atoms with Gasteiger partial charge in [-0.15, -0.1) is 0 Å². The summed E-state index contributed by atoms with van der Waals surface area (Å²) < 4.78 is 0. The molecule has 3 aromatic heterocycles. The third-order valence-electron chi connectivity index (χ3n) is 3.56. The van der Waals surface area contributed by atoms with Gasteiger partial charge in [0.1, 0.15) is 5.82 Å². The standard InChI is InChI=1S/C16H12ClN5/c17-10-3-4-14-12(8-10)15(22-21-14)9-20-16-11-2-1-6-18-13(11)5-7-19-16/h1-8H,9H2,(H,19,20)(H,21,22). The van der Waals surface area contributed by atoms with Crippen LogP contribution in [0.5, 0.6) is 0 Å².